The summed E-state index contributed by atoms with van der Waals surface area (Å²) >= 11 is 5.66. The van der Waals surface area contributed by atoms with E-state index in [9.17, 15) is 0 Å². The molecule has 0 aliphatic heterocycles. The van der Waals surface area contributed by atoms with Crippen molar-refractivity contribution in [2.75, 3.05) is 26.4 Å². The summed E-state index contributed by atoms with van der Waals surface area (Å²) in [6, 6.07) is 6.79. The number of aliphatic hydroxyl groups excluding tert-OH is 4. The quantitative estimate of drug-likeness (QED) is 0.603. The number of hydrogen-bond acceptors (Lipinski definition) is 5. The Morgan fingerprint density at radius 1 is 1.06 bits per heavy atom. The maximum Gasteiger partial charge on any atom is 0.119 e. The summed E-state index contributed by atoms with van der Waals surface area (Å²) in [6.45, 7) is -0.467. The minimum Gasteiger partial charge on any atom is -0.491 e. The Hall–Kier alpha value is -0.850. The molecule has 0 aliphatic rings. The molecule has 0 bridgehead atoms. The first kappa shape index (κ1) is 16.1. The monoisotopic (exact) mass is 264 g/mol. The number of hydrogen-bond donors (Lipinski definition) is 4. The lowest BCUT2D eigenvalue weighted by Gasteiger charge is -2.09. The van der Waals surface area contributed by atoms with Gasteiger partial charge in [0.2, 0.25) is 0 Å². The number of rotatable bonds is 5. The smallest absolute Gasteiger partial charge is 0.119 e. The van der Waals surface area contributed by atoms with Crippen LogP contribution < -0.4 is 4.74 Å². The van der Waals surface area contributed by atoms with Gasteiger partial charge in [-0.3, -0.25) is 0 Å². The molecule has 5 nitrogen and oxygen atoms in total. The van der Waals surface area contributed by atoms with Crippen LogP contribution >= 0.6 is 11.6 Å². The predicted molar refractivity (Wildman–Crippen MR) is 64.2 cm³/mol. The van der Waals surface area contributed by atoms with Crippen molar-refractivity contribution >= 4 is 11.6 Å². The lowest BCUT2D eigenvalue weighted by Crippen LogP contribution is -2.21. The SMILES string of the molecule is OCC(O)COc1ccc(Cl)cc1.OCCO. The number of benzene rings is 1. The molecule has 0 fully saturated rings. The maximum absolute atomic E-state index is 8.97. The van der Waals surface area contributed by atoms with Crippen molar-refractivity contribution in [3.05, 3.63) is 29.3 Å². The molecule has 0 spiro atoms. The third-order valence-corrected chi connectivity index (χ3v) is 1.82. The van der Waals surface area contributed by atoms with Crippen molar-refractivity contribution < 1.29 is 25.2 Å². The van der Waals surface area contributed by atoms with Gasteiger partial charge in [0.05, 0.1) is 19.8 Å². The third-order valence-electron chi connectivity index (χ3n) is 1.57. The molecule has 0 saturated carbocycles. The van der Waals surface area contributed by atoms with E-state index in [0.29, 0.717) is 10.8 Å². The molecule has 1 atom stereocenters. The summed E-state index contributed by atoms with van der Waals surface area (Å²) in [5.41, 5.74) is 0. The van der Waals surface area contributed by atoms with E-state index in [0.717, 1.165) is 0 Å². The van der Waals surface area contributed by atoms with Gasteiger partial charge in [-0.25, -0.2) is 0 Å². The zero-order valence-corrected chi connectivity index (χ0v) is 10.0. The Balaban J connectivity index is 0.000000557. The topological polar surface area (TPSA) is 90.2 Å². The van der Waals surface area contributed by atoms with Gasteiger partial charge in [0.1, 0.15) is 18.5 Å². The Morgan fingerprint density at radius 3 is 2.00 bits per heavy atom. The second-order valence-electron chi connectivity index (χ2n) is 3.05. The summed E-state index contributed by atoms with van der Waals surface area (Å²) in [6.07, 6.45) is -0.837. The van der Waals surface area contributed by atoms with E-state index in [1.165, 1.54) is 0 Å². The van der Waals surface area contributed by atoms with Crippen LogP contribution in [0.25, 0.3) is 0 Å². The normalized spacial score (nSPS) is 11.4. The van der Waals surface area contributed by atoms with Crippen LogP contribution in [0.3, 0.4) is 0 Å². The second kappa shape index (κ2) is 10.3. The van der Waals surface area contributed by atoms with Crippen molar-refractivity contribution in [2.45, 2.75) is 6.10 Å². The lowest BCUT2D eigenvalue weighted by molar-refractivity contribution is 0.0536. The number of ether oxygens (including phenoxy) is 1. The molecule has 0 heterocycles. The van der Waals surface area contributed by atoms with Gasteiger partial charge in [0.15, 0.2) is 0 Å². The zero-order valence-electron chi connectivity index (χ0n) is 9.29. The van der Waals surface area contributed by atoms with Gasteiger partial charge >= 0.3 is 0 Å². The van der Waals surface area contributed by atoms with Gasteiger partial charge in [-0.1, -0.05) is 11.6 Å². The van der Waals surface area contributed by atoms with Crippen LogP contribution in [-0.2, 0) is 0 Å². The van der Waals surface area contributed by atoms with Gasteiger partial charge in [0, 0.05) is 5.02 Å². The average molecular weight is 265 g/mol. The first-order chi connectivity index (χ1) is 8.13. The summed E-state index contributed by atoms with van der Waals surface area (Å²) in [5, 5.41) is 33.4. The Labute approximate surface area is 105 Å². The second-order valence-corrected chi connectivity index (χ2v) is 3.48. The largest absolute Gasteiger partial charge is 0.491 e. The summed E-state index contributed by atoms with van der Waals surface area (Å²) in [5.74, 6) is 0.622. The molecular formula is C11H17ClO5. The molecule has 98 valence electrons. The minimum atomic E-state index is -0.837. The Bertz CT molecular complexity index is 276. The fourth-order valence-electron chi connectivity index (χ4n) is 0.776. The first-order valence-electron chi connectivity index (χ1n) is 5.03. The Kier molecular flexibility index (Phi) is 9.80. The van der Waals surface area contributed by atoms with Crippen molar-refractivity contribution in [2.24, 2.45) is 0 Å². The summed E-state index contributed by atoms with van der Waals surface area (Å²) in [4.78, 5) is 0. The van der Waals surface area contributed by atoms with Crippen LogP contribution in [-0.4, -0.2) is 53.0 Å². The molecule has 1 aromatic carbocycles. The van der Waals surface area contributed by atoms with Crippen LogP contribution in [0, 0.1) is 0 Å². The summed E-state index contributed by atoms with van der Waals surface area (Å²) < 4.78 is 5.15. The minimum absolute atomic E-state index is 0.0815. The molecule has 4 N–H and O–H groups in total. The van der Waals surface area contributed by atoms with Crippen molar-refractivity contribution in [3.8, 4) is 5.75 Å². The van der Waals surface area contributed by atoms with Crippen LogP contribution in [0.2, 0.25) is 5.02 Å². The highest BCUT2D eigenvalue weighted by molar-refractivity contribution is 6.30. The van der Waals surface area contributed by atoms with Crippen molar-refractivity contribution in [1.82, 2.24) is 0 Å². The summed E-state index contributed by atoms with van der Waals surface area (Å²) in [7, 11) is 0. The molecule has 17 heavy (non-hydrogen) atoms. The number of aliphatic hydroxyl groups is 4. The predicted octanol–water partition coefficient (Wildman–Crippen LogP) is 0.0430. The molecule has 6 heteroatoms. The van der Waals surface area contributed by atoms with Gasteiger partial charge in [0.25, 0.3) is 0 Å². The first-order valence-corrected chi connectivity index (χ1v) is 5.40. The van der Waals surface area contributed by atoms with Crippen LogP contribution in [0.15, 0.2) is 24.3 Å². The molecular weight excluding hydrogens is 248 g/mol. The van der Waals surface area contributed by atoms with E-state index in [4.69, 9.17) is 36.8 Å². The highest BCUT2D eigenvalue weighted by Crippen LogP contribution is 2.15. The maximum atomic E-state index is 8.97. The van der Waals surface area contributed by atoms with Crippen molar-refractivity contribution in [1.29, 1.82) is 0 Å². The Morgan fingerprint density at radius 2 is 1.59 bits per heavy atom. The number of halogens is 1. The zero-order chi connectivity index (χ0) is 13.1. The van der Waals surface area contributed by atoms with Crippen molar-refractivity contribution in [3.63, 3.8) is 0 Å². The molecule has 1 unspecified atom stereocenters. The van der Waals surface area contributed by atoms with Crippen LogP contribution in [0.5, 0.6) is 5.75 Å². The molecule has 1 rings (SSSR count). The lowest BCUT2D eigenvalue weighted by atomic mass is 10.3. The molecule has 0 radical (unpaired) electrons. The fraction of sp³-hybridized carbons (Fsp3) is 0.455. The van der Waals surface area contributed by atoms with E-state index < -0.39 is 6.10 Å². The molecule has 0 amide bonds. The average Bonchev–Trinajstić information content (AvgIpc) is 2.38. The molecule has 0 aliphatic carbocycles. The van der Waals surface area contributed by atoms with Crippen LogP contribution in [0.4, 0.5) is 0 Å². The van der Waals surface area contributed by atoms with Gasteiger partial charge in [-0.2, -0.15) is 0 Å². The van der Waals surface area contributed by atoms with Gasteiger partial charge < -0.3 is 25.2 Å². The fourth-order valence-corrected chi connectivity index (χ4v) is 0.902. The van der Waals surface area contributed by atoms with Gasteiger partial charge in [-0.05, 0) is 24.3 Å². The third kappa shape index (κ3) is 8.91. The molecule has 1 aromatic rings. The highest BCUT2D eigenvalue weighted by Gasteiger charge is 2.02. The van der Waals surface area contributed by atoms with E-state index in [2.05, 4.69) is 0 Å². The highest BCUT2D eigenvalue weighted by atomic mass is 35.5. The molecule has 0 saturated heterocycles. The van der Waals surface area contributed by atoms with E-state index in [-0.39, 0.29) is 26.4 Å². The van der Waals surface area contributed by atoms with E-state index in [1.807, 2.05) is 0 Å². The van der Waals surface area contributed by atoms with E-state index >= 15 is 0 Å². The van der Waals surface area contributed by atoms with Crippen LogP contribution in [0.1, 0.15) is 0 Å². The molecule has 0 aromatic heterocycles. The van der Waals surface area contributed by atoms with Gasteiger partial charge in [-0.15, -0.1) is 0 Å². The standard InChI is InChI=1S/C9H11ClO3.C2H6O2/c10-7-1-3-9(4-2-7)13-6-8(12)5-11;3-1-2-4/h1-4,8,11-12H,5-6H2;3-4H,1-2H2. The van der Waals surface area contributed by atoms with E-state index in [1.54, 1.807) is 24.3 Å².